The Balaban J connectivity index is 1.42. The van der Waals surface area contributed by atoms with E-state index in [1.54, 1.807) is 23.5 Å². The lowest BCUT2D eigenvalue weighted by Gasteiger charge is -2.26. The van der Waals surface area contributed by atoms with Crippen LogP contribution in [0.3, 0.4) is 0 Å². The monoisotopic (exact) mass is 578 g/mol. The van der Waals surface area contributed by atoms with Crippen molar-refractivity contribution in [2.24, 2.45) is 0 Å². The Labute approximate surface area is 230 Å². The number of amides is 2. The predicted molar refractivity (Wildman–Crippen MR) is 139 cm³/mol. The fourth-order valence-corrected chi connectivity index (χ4v) is 5.52. The molecule has 39 heavy (non-hydrogen) atoms. The van der Waals surface area contributed by atoms with E-state index in [0.29, 0.717) is 36.6 Å². The van der Waals surface area contributed by atoms with Gasteiger partial charge in [0.1, 0.15) is 29.2 Å². The van der Waals surface area contributed by atoms with Crippen LogP contribution in [-0.4, -0.2) is 47.7 Å². The number of anilines is 1. The number of nitriles is 1. The zero-order valence-corrected chi connectivity index (χ0v) is 21.8. The number of phenols is 1. The first-order valence-corrected chi connectivity index (χ1v) is 12.9. The van der Waals surface area contributed by atoms with Gasteiger partial charge in [0.25, 0.3) is 5.91 Å². The van der Waals surface area contributed by atoms with Crippen LogP contribution in [0.1, 0.15) is 31.9 Å². The highest BCUT2D eigenvalue weighted by atomic mass is 35.5. The summed E-state index contributed by atoms with van der Waals surface area (Å²) in [7, 11) is 0. The molecule has 0 aliphatic carbocycles. The van der Waals surface area contributed by atoms with E-state index in [1.807, 2.05) is 6.07 Å². The molecule has 204 valence electrons. The molecular weight excluding hydrogens is 557 g/mol. The molecule has 0 fully saturated rings. The summed E-state index contributed by atoms with van der Waals surface area (Å²) in [4.78, 5) is 27.1. The van der Waals surface area contributed by atoms with Crippen LogP contribution >= 0.6 is 22.9 Å². The molecule has 0 unspecified atom stereocenters. The third-order valence-electron chi connectivity index (χ3n) is 5.89. The highest BCUT2D eigenvalue weighted by molar-refractivity contribution is 7.16. The lowest BCUT2D eigenvalue weighted by molar-refractivity contribution is -0.173. The molecule has 0 radical (unpaired) electrons. The molecule has 0 saturated heterocycles. The van der Waals surface area contributed by atoms with Gasteiger partial charge in [0.15, 0.2) is 0 Å². The zero-order chi connectivity index (χ0) is 28.2. The summed E-state index contributed by atoms with van der Waals surface area (Å²) in [6, 6.07) is 13.4. The van der Waals surface area contributed by atoms with Gasteiger partial charge in [-0.3, -0.25) is 14.5 Å². The molecule has 3 aromatic rings. The van der Waals surface area contributed by atoms with Gasteiger partial charge in [0, 0.05) is 24.5 Å². The molecule has 2 aromatic carbocycles. The molecule has 2 heterocycles. The van der Waals surface area contributed by atoms with Crippen molar-refractivity contribution >= 4 is 39.8 Å². The molecule has 3 N–H and O–H groups in total. The number of hydrogen-bond donors (Lipinski definition) is 3. The molecule has 0 spiro atoms. The third-order valence-corrected chi connectivity index (χ3v) is 7.35. The minimum atomic E-state index is -4.99. The van der Waals surface area contributed by atoms with Gasteiger partial charge in [-0.15, -0.1) is 11.3 Å². The predicted octanol–water partition coefficient (Wildman–Crippen LogP) is 4.85. The van der Waals surface area contributed by atoms with Gasteiger partial charge in [-0.1, -0.05) is 23.7 Å². The number of fused-ring (bicyclic) bond motifs is 1. The summed E-state index contributed by atoms with van der Waals surface area (Å²) >= 11 is 7.51. The molecule has 0 saturated carbocycles. The number of phenolic OH excluding ortho intramolecular Hbond substituents is 1. The summed E-state index contributed by atoms with van der Waals surface area (Å²) in [6.07, 6.45) is -4.36. The highest BCUT2D eigenvalue weighted by Gasteiger charge is 2.38. The average Bonchev–Trinajstić information content (AvgIpc) is 3.22. The quantitative estimate of drug-likeness (QED) is 0.329. The van der Waals surface area contributed by atoms with Crippen molar-refractivity contribution in [2.75, 3.05) is 25.0 Å². The summed E-state index contributed by atoms with van der Waals surface area (Å²) in [5.74, 6) is -2.29. The Morgan fingerprint density at radius 1 is 1.23 bits per heavy atom. The maximum atomic E-state index is 13.1. The number of carbonyl (C=O) groups excluding carboxylic acids is 2. The Morgan fingerprint density at radius 3 is 2.74 bits per heavy atom. The fraction of sp³-hybridized carbons (Fsp3) is 0.269. The Morgan fingerprint density at radius 2 is 2.03 bits per heavy atom. The zero-order valence-electron chi connectivity index (χ0n) is 20.3. The largest absolute Gasteiger partial charge is 0.508 e. The van der Waals surface area contributed by atoms with Crippen molar-refractivity contribution in [3.63, 3.8) is 0 Å². The number of halogens is 4. The number of benzene rings is 2. The van der Waals surface area contributed by atoms with Crippen molar-refractivity contribution in [1.82, 2.24) is 10.2 Å². The maximum Gasteiger partial charge on any atom is 0.471 e. The second-order valence-corrected chi connectivity index (χ2v) is 10.2. The number of aromatic hydroxyl groups is 1. The molecule has 4 rings (SSSR count). The number of thiophene rings is 1. The van der Waals surface area contributed by atoms with E-state index in [1.165, 1.54) is 29.5 Å². The van der Waals surface area contributed by atoms with Crippen LogP contribution in [0.25, 0.3) is 0 Å². The summed E-state index contributed by atoms with van der Waals surface area (Å²) in [5.41, 5.74) is 2.29. The molecule has 1 aliphatic heterocycles. The molecule has 0 atom stereocenters. The van der Waals surface area contributed by atoms with Gasteiger partial charge in [0.2, 0.25) is 0 Å². The van der Waals surface area contributed by atoms with Gasteiger partial charge >= 0.3 is 12.1 Å². The van der Waals surface area contributed by atoms with Gasteiger partial charge in [-0.05, 0) is 47.9 Å². The Bertz CT molecular complexity index is 1440. The van der Waals surface area contributed by atoms with Crippen LogP contribution in [0.15, 0.2) is 42.5 Å². The van der Waals surface area contributed by atoms with Gasteiger partial charge < -0.3 is 20.5 Å². The minimum Gasteiger partial charge on any atom is -0.508 e. The Kier molecular flexibility index (Phi) is 8.64. The Hall–Kier alpha value is -3.79. The highest BCUT2D eigenvalue weighted by Crippen LogP contribution is 2.37. The first-order valence-electron chi connectivity index (χ1n) is 11.7. The standard InChI is InChI=1S/C26H22ClF3N4O4S/c27-21-5-4-17(38-9-7-32-25(37)26(28,29)30)11-19(21)23(36)33-24-20(12-31)18-6-8-34(14-22(18)39-24)13-15-2-1-3-16(35)10-15/h1-5,10-11,35H,6-9,13-14H2,(H,32,37)(H,33,36). The minimum absolute atomic E-state index is 0.0502. The molecular formula is C26H22ClF3N4O4S. The topological polar surface area (TPSA) is 115 Å². The third kappa shape index (κ3) is 7.00. The van der Waals surface area contributed by atoms with Crippen LogP contribution in [0, 0.1) is 11.3 Å². The van der Waals surface area contributed by atoms with E-state index in [2.05, 4.69) is 16.3 Å². The normalized spacial score (nSPS) is 13.3. The van der Waals surface area contributed by atoms with Crippen LogP contribution in [0.4, 0.5) is 18.2 Å². The fourth-order valence-electron chi connectivity index (χ4n) is 4.08. The SMILES string of the molecule is N#Cc1c(NC(=O)c2cc(OCCNC(=O)C(F)(F)F)ccc2Cl)sc2c1CCN(Cc1cccc(O)c1)C2. The first kappa shape index (κ1) is 28.2. The van der Waals surface area contributed by atoms with Crippen molar-refractivity contribution in [2.45, 2.75) is 25.7 Å². The van der Waals surface area contributed by atoms with Crippen LogP contribution in [0.2, 0.25) is 5.02 Å². The van der Waals surface area contributed by atoms with Gasteiger partial charge in [-0.25, -0.2) is 0 Å². The molecule has 1 aliphatic rings. The summed E-state index contributed by atoms with van der Waals surface area (Å²) in [6.45, 7) is 1.25. The van der Waals surface area contributed by atoms with Crippen molar-refractivity contribution in [1.29, 1.82) is 5.26 Å². The lowest BCUT2D eigenvalue weighted by Crippen LogP contribution is -2.38. The van der Waals surface area contributed by atoms with Crippen molar-refractivity contribution in [3.05, 3.63) is 74.6 Å². The molecule has 2 amide bonds. The summed E-state index contributed by atoms with van der Waals surface area (Å²) < 4.78 is 42.2. The van der Waals surface area contributed by atoms with Crippen LogP contribution in [-0.2, 0) is 24.3 Å². The van der Waals surface area contributed by atoms with Crippen LogP contribution < -0.4 is 15.4 Å². The van der Waals surface area contributed by atoms with Gasteiger partial charge in [-0.2, -0.15) is 18.4 Å². The number of alkyl halides is 3. The number of nitrogens with one attached hydrogen (secondary N) is 2. The number of carbonyl (C=O) groups is 2. The van der Waals surface area contributed by atoms with E-state index in [9.17, 15) is 33.1 Å². The maximum absolute atomic E-state index is 13.1. The number of hydrogen-bond acceptors (Lipinski definition) is 7. The van der Waals surface area contributed by atoms with E-state index >= 15 is 0 Å². The lowest BCUT2D eigenvalue weighted by atomic mass is 10.0. The smallest absolute Gasteiger partial charge is 0.471 e. The molecule has 13 heteroatoms. The number of rotatable bonds is 8. The molecule has 8 nitrogen and oxygen atoms in total. The number of nitrogens with zero attached hydrogens (tertiary/aromatic N) is 2. The molecule has 0 bridgehead atoms. The number of ether oxygens (including phenoxy) is 1. The van der Waals surface area contributed by atoms with E-state index in [4.69, 9.17) is 16.3 Å². The average molecular weight is 579 g/mol. The first-order chi connectivity index (χ1) is 18.5. The van der Waals surface area contributed by atoms with Gasteiger partial charge in [0.05, 0.1) is 22.7 Å². The summed E-state index contributed by atoms with van der Waals surface area (Å²) in [5, 5.41) is 24.5. The van der Waals surface area contributed by atoms with Crippen molar-refractivity contribution < 1.29 is 32.6 Å². The van der Waals surface area contributed by atoms with Crippen LogP contribution in [0.5, 0.6) is 11.5 Å². The van der Waals surface area contributed by atoms with E-state index in [0.717, 1.165) is 16.0 Å². The second-order valence-electron chi connectivity index (χ2n) is 8.65. The second kappa shape index (κ2) is 11.9. The van der Waals surface area contributed by atoms with Crippen molar-refractivity contribution in [3.8, 4) is 17.6 Å². The molecule has 1 aromatic heterocycles. The van der Waals surface area contributed by atoms with E-state index in [-0.39, 0.29) is 28.7 Å². The van der Waals surface area contributed by atoms with E-state index < -0.39 is 24.5 Å².